The molecule has 4 rings (SSSR count). The molecule has 35 heavy (non-hydrogen) atoms. The minimum Gasteiger partial charge on any atom is -0.489 e. The van der Waals surface area contributed by atoms with E-state index < -0.39 is 5.97 Å². The maximum absolute atomic E-state index is 12.7. The Morgan fingerprint density at radius 2 is 1.80 bits per heavy atom. The lowest BCUT2D eigenvalue weighted by atomic mass is 10.1. The van der Waals surface area contributed by atoms with Gasteiger partial charge in [-0.25, -0.2) is 4.79 Å². The molecule has 3 aromatic carbocycles. The van der Waals surface area contributed by atoms with Gasteiger partial charge >= 0.3 is 5.97 Å². The van der Waals surface area contributed by atoms with Crippen molar-refractivity contribution in [3.05, 3.63) is 88.4 Å². The first-order valence-electron chi connectivity index (χ1n) is 11.4. The molecule has 3 aromatic rings. The average Bonchev–Trinajstić information content (AvgIpc) is 2.87. The van der Waals surface area contributed by atoms with Crippen molar-refractivity contribution in [1.82, 2.24) is 0 Å². The first-order valence-corrected chi connectivity index (χ1v) is 11.7. The number of rotatable bonds is 8. The predicted molar refractivity (Wildman–Crippen MR) is 136 cm³/mol. The van der Waals surface area contributed by atoms with Crippen molar-refractivity contribution in [1.29, 1.82) is 0 Å². The summed E-state index contributed by atoms with van der Waals surface area (Å²) in [6, 6.07) is 20.1. The topological polar surface area (TPSA) is 79.3 Å². The number of carbonyl (C=O) groups excluding carboxylic acids is 1. The van der Waals surface area contributed by atoms with E-state index in [1.807, 2.05) is 35.2 Å². The van der Waals surface area contributed by atoms with Crippen molar-refractivity contribution < 1.29 is 24.2 Å². The van der Waals surface area contributed by atoms with Gasteiger partial charge in [-0.1, -0.05) is 41.9 Å². The van der Waals surface area contributed by atoms with E-state index in [4.69, 9.17) is 21.1 Å². The van der Waals surface area contributed by atoms with Crippen LogP contribution in [-0.2, 0) is 22.7 Å². The summed E-state index contributed by atoms with van der Waals surface area (Å²) in [4.78, 5) is 28.3. The highest BCUT2D eigenvalue weighted by molar-refractivity contribution is 6.30. The second-order valence-electron chi connectivity index (χ2n) is 8.24. The van der Waals surface area contributed by atoms with Gasteiger partial charge < -0.3 is 24.4 Å². The van der Waals surface area contributed by atoms with Gasteiger partial charge in [-0.3, -0.25) is 4.79 Å². The number of amides is 1. The Labute approximate surface area is 209 Å². The smallest absolute Gasteiger partial charge is 0.337 e. The van der Waals surface area contributed by atoms with Gasteiger partial charge in [-0.2, -0.15) is 0 Å². The largest absolute Gasteiger partial charge is 0.489 e. The standard InChI is InChI=1S/C27H27ClN2O5/c1-19(31)30(23-8-9-25(24(16-23)27(32)33)29-11-13-34-14-12-29)17-21-15-22(28)7-10-26(21)35-18-20-5-3-2-4-6-20/h2-10,15-16H,11-14,17-18H2,1H3,(H,32,33). The Morgan fingerprint density at radius 3 is 2.49 bits per heavy atom. The van der Waals surface area contributed by atoms with E-state index in [1.165, 1.54) is 11.8 Å². The molecular formula is C27H27ClN2O5. The van der Waals surface area contributed by atoms with Gasteiger partial charge in [0.1, 0.15) is 12.4 Å². The van der Waals surface area contributed by atoms with Crippen molar-refractivity contribution in [2.45, 2.75) is 20.1 Å². The maximum Gasteiger partial charge on any atom is 0.337 e. The monoisotopic (exact) mass is 494 g/mol. The molecule has 1 amide bonds. The van der Waals surface area contributed by atoms with Crippen LogP contribution in [0.1, 0.15) is 28.4 Å². The highest BCUT2D eigenvalue weighted by atomic mass is 35.5. The Balaban J connectivity index is 1.62. The number of hydrogen-bond acceptors (Lipinski definition) is 5. The predicted octanol–water partition coefficient (Wildman–Crippen LogP) is 5.01. The average molecular weight is 495 g/mol. The zero-order valence-electron chi connectivity index (χ0n) is 19.4. The van der Waals surface area contributed by atoms with Crippen molar-refractivity contribution in [3.8, 4) is 5.75 Å². The third kappa shape index (κ3) is 6.12. The van der Waals surface area contributed by atoms with Crippen molar-refractivity contribution in [3.63, 3.8) is 0 Å². The third-order valence-electron chi connectivity index (χ3n) is 5.84. The number of ether oxygens (including phenoxy) is 2. The van der Waals surface area contributed by atoms with Crippen LogP contribution in [0, 0.1) is 0 Å². The van der Waals surface area contributed by atoms with Crippen LogP contribution in [0.4, 0.5) is 11.4 Å². The van der Waals surface area contributed by atoms with Gasteiger partial charge in [0.2, 0.25) is 5.91 Å². The van der Waals surface area contributed by atoms with Crippen LogP contribution < -0.4 is 14.5 Å². The molecule has 182 valence electrons. The molecule has 1 N–H and O–H groups in total. The van der Waals surface area contributed by atoms with Gasteiger partial charge in [-0.15, -0.1) is 0 Å². The fourth-order valence-corrected chi connectivity index (χ4v) is 4.24. The lowest BCUT2D eigenvalue weighted by Crippen LogP contribution is -2.37. The highest BCUT2D eigenvalue weighted by Gasteiger charge is 2.22. The molecule has 0 aliphatic carbocycles. The SMILES string of the molecule is CC(=O)N(Cc1cc(Cl)ccc1OCc1ccccc1)c1ccc(N2CCOCC2)c(C(=O)O)c1. The van der Waals surface area contributed by atoms with E-state index in [-0.39, 0.29) is 18.0 Å². The summed E-state index contributed by atoms with van der Waals surface area (Å²) < 4.78 is 11.4. The van der Waals surface area contributed by atoms with Crippen LogP contribution in [0.5, 0.6) is 5.75 Å². The molecule has 1 aliphatic rings. The summed E-state index contributed by atoms with van der Waals surface area (Å²) in [5, 5.41) is 10.4. The van der Waals surface area contributed by atoms with Crippen molar-refractivity contribution in [2.75, 3.05) is 36.1 Å². The van der Waals surface area contributed by atoms with Crippen LogP contribution >= 0.6 is 11.6 Å². The van der Waals surface area contributed by atoms with E-state index in [9.17, 15) is 14.7 Å². The first kappa shape index (κ1) is 24.6. The second-order valence-corrected chi connectivity index (χ2v) is 8.67. The van der Waals surface area contributed by atoms with E-state index in [0.717, 1.165) is 11.1 Å². The molecule has 0 aromatic heterocycles. The van der Waals surface area contributed by atoms with E-state index in [0.29, 0.717) is 55.1 Å². The summed E-state index contributed by atoms with van der Waals surface area (Å²) in [5.41, 5.74) is 2.98. The maximum atomic E-state index is 12.7. The summed E-state index contributed by atoms with van der Waals surface area (Å²) in [6.45, 7) is 4.30. The normalized spacial score (nSPS) is 13.4. The third-order valence-corrected chi connectivity index (χ3v) is 6.08. The Kier molecular flexibility index (Phi) is 7.90. The number of halogens is 1. The second kappa shape index (κ2) is 11.3. The summed E-state index contributed by atoms with van der Waals surface area (Å²) in [5.74, 6) is -0.672. The van der Waals surface area contributed by atoms with Gasteiger partial charge in [0.05, 0.1) is 31.0 Å². The molecule has 0 bridgehead atoms. The summed E-state index contributed by atoms with van der Waals surface area (Å²) >= 11 is 6.26. The zero-order valence-corrected chi connectivity index (χ0v) is 20.2. The molecule has 0 unspecified atom stereocenters. The van der Waals surface area contributed by atoms with Crippen molar-refractivity contribution in [2.24, 2.45) is 0 Å². The Bertz CT molecular complexity index is 1200. The van der Waals surface area contributed by atoms with Gasteiger partial charge in [0.15, 0.2) is 0 Å². The van der Waals surface area contributed by atoms with E-state index in [1.54, 1.807) is 36.4 Å². The fourth-order valence-electron chi connectivity index (χ4n) is 4.05. The number of nitrogens with zero attached hydrogens (tertiary/aromatic N) is 2. The molecule has 1 aliphatic heterocycles. The lowest BCUT2D eigenvalue weighted by Gasteiger charge is -2.31. The van der Waals surface area contributed by atoms with Gasteiger partial charge in [-0.05, 0) is 42.0 Å². The van der Waals surface area contributed by atoms with Crippen molar-refractivity contribution >= 4 is 34.9 Å². The van der Waals surface area contributed by atoms with E-state index in [2.05, 4.69) is 0 Å². The fraction of sp³-hybridized carbons (Fsp3) is 0.259. The van der Waals surface area contributed by atoms with Crippen LogP contribution in [0.15, 0.2) is 66.7 Å². The molecule has 0 radical (unpaired) electrons. The number of morpholine rings is 1. The quantitative estimate of drug-likeness (QED) is 0.474. The molecule has 1 fully saturated rings. The molecule has 0 atom stereocenters. The minimum absolute atomic E-state index is 0.141. The van der Waals surface area contributed by atoms with Crippen LogP contribution in [0.2, 0.25) is 5.02 Å². The highest BCUT2D eigenvalue weighted by Crippen LogP contribution is 2.31. The molecule has 1 saturated heterocycles. The molecule has 7 nitrogen and oxygen atoms in total. The molecule has 0 spiro atoms. The number of carboxylic acids is 1. The van der Waals surface area contributed by atoms with E-state index >= 15 is 0 Å². The Hall–Kier alpha value is -3.55. The summed E-state index contributed by atoms with van der Waals surface area (Å²) in [7, 11) is 0. The lowest BCUT2D eigenvalue weighted by molar-refractivity contribution is -0.116. The van der Waals surface area contributed by atoms with Gasteiger partial charge in [0, 0.05) is 36.3 Å². The van der Waals surface area contributed by atoms with Crippen LogP contribution in [0.25, 0.3) is 0 Å². The molecule has 1 heterocycles. The van der Waals surface area contributed by atoms with Gasteiger partial charge in [0.25, 0.3) is 0 Å². The number of aromatic carboxylic acids is 1. The van der Waals surface area contributed by atoms with Crippen LogP contribution in [-0.4, -0.2) is 43.3 Å². The number of carbonyl (C=O) groups is 2. The minimum atomic E-state index is -1.05. The zero-order chi connectivity index (χ0) is 24.8. The number of carboxylic acid groups (broad SMARTS) is 1. The number of benzene rings is 3. The first-order chi connectivity index (χ1) is 16.9. The number of anilines is 2. The molecular weight excluding hydrogens is 468 g/mol. The molecule has 8 heteroatoms. The Morgan fingerprint density at radius 1 is 1.06 bits per heavy atom. The van der Waals surface area contributed by atoms with Crippen LogP contribution in [0.3, 0.4) is 0 Å². The summed E-state index contributed by atoms with van der Waals surface area (Å²) in [6.07, 6.45) is 0. The number of hydrogen-bond donors (Lipinski definition) is 1. The molecule has 0 saturated carbocycles.